The van der Waals surface area contributed by atoms with Crippen LogP contribution in [-0.2, 0) is 16.0 Å². The summed E-state index contributed by atoms with van der Waals surface area (Å²) in [4.78, 5) is 11.8. The molecule has 0 radical (unpaired) electrons. The van der Waals surface area contributed by atoms with Crippen molar-refractivity contribution in [2.45, 2.75) is 18.2 Å². The normalized spacial score (nSPS) is 9.86. The monoisotopic (exact) mass is 210 g/mol. The maximum absolute atomic E-state index is 10.5. The highest BCUT2D eigenvalue weighted by Gasteiger charge is 1.97. The predicted octanol–water partition coefficient (Wildman–Crippen LogP) is 2.51. The van der Waals surface area contributed by atoms with Gasteiger partial charge in [0.2, 0.25) is 0 Å². The molecule has 0 N–H and O–H groups in total. The number of hydrogen-bond donors (Lipinski definition) is 0. The number of benzene rings is 1. The quantitative estimate of drug-likeness (QED) is 0.564. The van der Waals surface area contributed by atoms with Gasteiger partial charge >= 0.3 is 5.97 Å². The lowest BCUT2D eigenvalue weighted by Crippen LogP contribution is -2.03. The summed E-state index contributed by atoms with van der Waals surface area (Å²) in [5.74, 6) is -0.217. The van der Waals surface area contributed by atoms with Gasteiger partial charge in [0.05, 0.1) is 6.61 Å². The molecule has 0 unspecified atom stereocenters. The van der Waals surface area contributed by atoms with E-state index in [0.717, 1.165) is 6.42 Å². The molecule has 0 bridgehead atoms. The van der Waals surface area contributed by atoms with E-state index in [0.29, 0.717) is 6.61 Å². The molecule has 1 rings (SSSR count). The van der Waals surface area contributed by atoms with Crippen LogP contribution < -0.4 is 0 Å². The van der Waals surface area contributed by atoms with Crippen LogP contribution in [0.25, 0.3) is 0 Å². The van der Waals surface area contributed by atoms with Gasteiger partial charge in [-0.05, 0) is 24.0 Å². The molecule has 2 nitrogen and oxygen atoms in total. The fourth-order valence-corrected chi connectivity index (χ4v) is 1.62. The van der Waals surface area contributed by atoms with Crippen LogP contribution in [0.2, 0.25) is 0 Å². The number of hydrogen-bond acceptors (Lipinski definition) is 3. The molecule has 1 aromatic carbocycles. The number of carbonyl (C=O) groups is 1. The van der Waals surface area contributed by atoms with Crippen molar-refractivity contribution in [3.63, 3.8) is 0 Å². The molecule has 0 amide bonds. The molecule has 0 fully saturated rings. The fraction of sp³-hybridized carbons (Fsp3) is 0.364. The largest absolute Gasteiger partial charge is 0.466 e. The molecular weight excluding hydrogens is 196 g/mol. The zero-order valence-corrected chi connectivity index (χ0v) is 9.26. The Hall–Kier alpha value is -0.960. The number of carbonyl (C=O) groups excluding carboxylic acids is 1. The first-order chi connectivity index (χ1) is 6.72. The average molecular weight is 210 g/mol. The van der Waals surface area contributed by atoms with Crippen LogP contribution in [0.3, 0.4) is 0 Å². The highest BCUT2D eigenvalue weighted by atomic mass is 32.2. The molecule has 0 aliphatic carbocycles. The van der Waals surface area contributed by atoms with Crippen molar-refractivity contribution < 1.29 is 9.53 Å². The van der Waals surface area contributed by atoms with E-state index in [-0.39, 0.29) is 5.97 Å². The lowest BCUT2D eigenvalue weighted by Gasteiger charge is -2.03. The molecule has 14 heavy (non-hydrogen) atoms. The van der Waals surface area contributed by atoms with Crippen LogP contribution in [-0.4, -0.2) is 18.8 Å². The van der Waals surface area contributed by atoms with Gasteiger partial charge in [0.15, 0.2) is 0 Å². The van der Waals surface area contributed by atoms with E-state index in [9.17, 15) is 4.79 Å². The third-order valence-corrected chi connectivity index (χ3v) is 2.56. The van der Waals surface area contributed by atoms with E-state index >= 15 is 0 Å². The Kier molecular flexibility index (Phi) is 4.53. The first-order valence-corrected chi connectivity index (χ1v) is 5.71. The van der Waals surface area contributed by atoms with Crippen molar-refractivity contribution in [3.05, 3.63) is 29.8 Å². The van der Waals surface area contributed by atoms with Crippen LogP contribution in [0.1, 0.15) is 12.5 Å². The van der Waals surface area contributed by atoms with Gasteiger partial charge in [-0.15, -0.1) is 11.8 Å². The Bertz CT molecular complexity index is 310. The molecule has 0 saturated carbocycles. The highest BCUT2D eigenvalue weighted by molar-refractivity contribution is 7.98. The molecule has 0 spiro atoms. The standard InChI is InChI=1S/C11H14O2S/c1-9(12)13-7-6-10-4-3-5-11(8-10)14-2/h3-5,8H,6-7H2,1-2H3. The van der Waals surface area contributed by atoms with E-state index < -0.39 is 0 Å². The second-order valence-electron chi connectivity index (χ2n) is 2.94. The van der Waals surface area contributed by atoms with E-state index in [1.165, 1.54) is 17.4 Å². The number of esters is 1. The third kappa shape index (κ3) is 3.83. The van der Waals surface area contributed by atoms with Gasteiger partial charge in [-0.1, -0.05) is 12.1 Å². The van der Waals surface area contributed by atoms with Crippen molar-refractivity contribution in [2.75, 3.05) is 12.9 Å². The Balaban J connectivity index is 2.46. The van der Waals surface area contributed by atoms with Crippen LogP contribution in [0.4, 0.5) is 0 Å². The van der Waals surface area contributed by atoms with Crippen LogP contribution >= 0.6 is 11.8 Å². The smallest absolute Gasteiger partial charge is 0.302 e. The fourth-order valence-electron chi connectivity index (χ4n) is 1.14. The molecule has 3 heteroatoms. The van der Waals surface area contributed by atoms with Gasteiger partial charge < -0.3 is 4.74 Å². The van der Waals surface area contributed by atoms with Gasteiger partial charge in [-0.3, -0.25) is 4.79 Å². The summed E-state index contributed by atoms with van der Waals surface area (Å²) in [6.45, 7) is 1.89. The Morgan fingerprint density at radius 1 is 1.50 bits per heavy atom. The van der Waals surface area contributed by atoms with E-state index in [1.807, 2.05) is 18.4 Å². The lowest BCUT2D eigenvalue weighted by atomic mass is 10.2. The summed E-state index contributed by atoms with van der Waals surface area (Å²) >= 11 is 1.71. The maximum atomic E-state index is 10.5. The van der Waals surface area contributed by atoms with Crippen molar-refractivity contribution >= 4 is 17.7 Å². The average Bonchev–Trinajstić information content (AvgIpc) is 2.18. The minimum Gasteiger partial charge on any atom is -0.466 e. The summed E-state index contributed by atoms with van der Waals surface area (Å²) in [6, 6.07) is 8.26. The SMILES string of the molecule is CSc1cccc(CCOC(C)=O)c1. The lowest BCUT2D eigenvalue weighted by molar-refractivity contribution is -0.140. The van der Waals surface area contributed by atoms with Crippen LogP contribution in [0.15, 0.2) is 29.2 Å². The van der Waals surface area contributed by atoms with E-state index in [2.05, 4.69) is 12.1 Å². The zero-order valence-electron chi connectivity index (χ0n) is 8.45. The maximum Gasteiger partial charge on any atom is 0.302 e. The Labute approximate surface area is 88.7 Å². The minimum atomic E-state index is -0.217. The Morgan fingerprint density at radius 3 is 2.93 bits per heavy atom. The second-order valence-corrected chi connectivity index (χ2v) is 3.82. The second kappa shape index (κ2) is 5.70. The van der Waals surface area contributed by atoms with Crippen molar-refractivity contribution in [2.24, 2.45) is 0 Å². The predicted molar refractivity (Wildman–Crippen MR) is 58.6 cm³/mol. The molecule has 1 aromatic rings. The van der Waals surface area contributed by atoms with Gasteiger partial charge in [-0.25, -0.2) is 0 Å². The van der Waals surface area contributed by atoms with Gasteiger partial charge in [-0.2, -0.15) is 0 Å². The highest BCUT2D eigenvalue weighted by Crippen LogP contribution is 2.15. The molecule has 0 saturated heterocycles. The van der Waals surface area contributed by atoms with Gasteiger partial charge in [0.1, 0.15) is 0 Å². The molecule has 0 aromatic heterocycles. The van der Waals surface area contributed by atoms with Crippen molar-refractivity contribution in [1.82, 2.24) is 0 Å². The number of thioether (sulfide) groups is 1. The minimum absolute atomic E-state index is 0.217. The molecular formula is C11H14O2S. The van der Waals surface area contributed by atoms with Gasteiger partial charge in [0, 0.05) is 18.2 Å². The summed E-state index contributed by atoms with van der Waals surface area (Å²) in [5.41, 5.74) is 1.21. The van der Waals surface area contributed by atoms with E-state index in [1.54, 1.807) is 11.8 Å². The topological polar surface area (TPSA) is 26.3 Å². The van der Waals surface area contributed by atoms with Gasteiger partial charge in [0.25, 0.3) is 0 Å². The van der Waals surface area contributed by atoms with Crippen LogP contribution in [0, 0.1) is 0 Å². The Morgan fingerprint density at radius 2 is 2.29 bits per heavy atom. The summed E-state index contributed by atoms with van der Waals surface area (Å²) in [7, 11) is 0. The molecule has 0 atom stereocenters. The molecule has 0 aliphatic heterocycles. The number of ether oxygens (including phenoxy) is 1. The third-order valence-electron chi connectivity index (χ3n) is 1.83. The number of rotatable bonds is 4. The molecule has 0 aliphatic rings. The van der Waals surface area contributed by atoms with Crippen LogP contribution in [0.5, 0.6) is 0 Å². The van der Waals surface area contributed by atoms with E-state index in [4.69, 9.17) is 4.74 Å². The first-order valence-electron chi connectivity index (χ1n) is 4.48. The van der Waals surface area contributed by atoms with Crippen molar-refractivity contribution in [1.29, 1.82) is 0 Å². The molecule has 76 valence electrons. The zero-order chi connectivity index (χ0) is 10.4. The summed E-state index contributed by atoms with van der Waals surface area (Å²) < 4.78 is 4.87. The molecule has 0 heterocycles. The summed E-state index contributed by atoms with van der Waals surface area (Å²) in [6.07, 6.45) is 2.83. The summed E-state index contributed by atoms with van der Waals surface area (Å²) in [5, 5.41) is 0. The van der Waals surface area contributed by atoms with Crippen molar-refractivity contribution in [3.8, 4) is 0 Å². The first kappa shape index (κ1) is 11.1.